The molecule has 0 rings (SSSR count). The molecule has 0 aliphatic carbocycles. The van der Waals surface area contributed by atoms with E-state index in [4.69, 9.17) is 25.5 Å². The van der Waals surface area contributed by atoms with Crippen LogP contribution in [0.15, 0.2) is 0 Å². The van der Waals surface area contributed by atoms with Gasteiger partial charge in [0.15, 0.2) is 5.60 Å². The maximum absolute atomic E-state index is 11.7. The van der Waals surface area contributed by atoms with Crippen molar-refractivity contribution in [3.05, 3.63) is 0 Å². The molecular formula is C12H14O13. The quantitative estimate of drug-likeness (QED) is 0.217. The molecule has 13 nitrogen and oxygen atoms in total. The Morgan fingerprint density at radius 1 is 0.640 bits per heavy atom. The Morgan fingerprint density at radius 2 is 1.04 bits per heavy atom. The van der Waals surface area contributed by atoms with Crippen LogP contribution in [0.2, 0.25) is 0 Å². The van der Waals surface area contributed by atoms with Gasteiger partial charge in [0.1, 0.15) is 0 Å². The number of hydrogen-bond acceptors (Lipinski definition) is 8. The van der Waals surface area contributed by atoms with Gasteiger partial charge in [-0.2, -0.15) is 0 Å². The predicted molar refractivity (Wildman–Crippen MR) is 70.4 cm³/mol. The topological polar surface area (TPSA) is 233 Å². The molecule has 13 heteroatoms. The Morgan fingerprint density at radius 3 is 1.32 bits per heavy atom. The van der Waals surface area contributed by atoms with Crippen LogP contribution < -0.4 is 0 Å². The number of rotatable bonds is 11. The van der Waals surface area contributed by atoms with Gasteiger partial charge in [-0.25, -0.2) is 9.59 Å². The van der Waals surface area contributed by atoms with Gasteiger partial charge in [-0.1, -0.05) is 0 Å². The highest BCUT2D eigenvalue weighted by Crippen LogP contribution is 2.25. The fourth-order valence-electron chi connectivity index (χ4n) is 1.77. The van der Waals surface area contributed by atoms with E-state index >= 15 is 0 Å². The summed E-state index contributed by atoms with van der Waals surface area (Å²) in [6.07, 6.45) is -5.94. The summed E-state index contributed by atoms with van der Waals surface area (Å²) >= 11 is 0. The van der Waals surface area contributed by atoms with E-state index < -0.39 is 72.7 Å². The van der Waals surface area contributed by atoms with Crippen molar-refractivity contribution in [3.8, 4) is 0 Å². The summed E-state index contributed by atoms with van der Waals surface area (Å²) in [5.74, 6) is -11.6. The third-order valence-corrected chi connectivity index (χ3v) is 2.85. The molecule has 1 atom stereocenters. The molecule has 0 aromatic rings. The van der Waals surface area contributed by atoms with Crippen LogP contribution in [0, 0.1) is 0 Å². The number of carboxylic acids is 5. The van der Waals surface area contributed by atoms with Crippen molar-refractivity contribution < 1.29 is 64.1 Å². The average molecular weight is 366 g/mol. The largest absolute Gasteiger partial charge is 0.481 e. The van der Waals surface area contributed by atoms with E-state index in [0.29, 0.717) is 0 Å². The minimum atomic E-state index is -3.17. The first-order chi connectivity index (χ1) is 11.2. The first-order valence-corrected chi connectivity index (χ1v) is 6.30. The lowest BCUT2D eigenvalue weighted by atomic mass is 9.93. The highest BCUT2D eigenvalue weighted by molar-refractivity contribution is 5.92. The maximum Gasteiger partial charge on any atom is 0.349 e. The fraction of sp³-hybridized carbons (Fsp3) is 0.500. The van der Waals surface area contributed by atoms with E-state index in [1.54, 1.807) is 0 Å². The molecule has 0 spiro atoms. The molecule has 140 valence electrons. The van der Waals surface area contributed by atoms with Crippen molar-refractivity contribution >= 4 is 35.8 Å². The summed E-state index contributed by atoms with van der Waals surface area (Å²) in [6.45, 7) is 0. The van der Waals surface area contributed by atoms with Crippen molar-refractivity contribution in [1.29, 1.82) is 0 Å². The molecule has 25 heavy (non-hydrogen) atoms. The predicted octanol–water partition coefficient (Wildman–Crippen LogP) is -2.02. The molecular weight excluding hydrogens is 352 g/mol. The van der Waals surface area contributed by atoms with Gasteiger partial charge in [-0.3, -0.25) is 19.2 Å². The van der Waals surface area contributed by atoms with Crippen LogP contribution in [0.5, 0.6) is 0 Å². The lowest BCUT2D eigenvalue weighted by molar-refractivity contribution is -0.191. The fourth-order valence-corrected chi connectivity index (χ4v) is 1.77. The molecule has 0 amide bonds. The van der Waals surface area contributed by atoms with E-state index in [-0.39, 0.29) is 0 Å². The summed E-state index contributed by atoms with van der Waals surface area (Å²) in [6, 6.07) is 0. The summed E-state index contributed by atoms with van der Waals surface area (Å²) in [4.78, 5) is 66.0. The van der Waals surface area contributed by atoms with Crippen LogP contribution in [-0.2, 0) is 33.5 Å². The van der Waals surface area contributed by atoms with Crippen molar-refractivity contribution in [2.24, 2.45) is 0 Å². The van der Waals surface area contributed by atoms with Gasteiger partial charge in [0.05, 0.1) is 25.7 Å². The molecule has 1 unspecified atom stereocenters. The number of esters is 1. The number of carboxylic acid groups (broad SMARTS) is 5. The zero-order valence-corrected chi connectivity index (χ0v) is 12.4. The third-order valence-electron chi connectivity index (χ3n) is 2.85. The van der Waals surface area contributed by atoms with E-state index in [1.165, 1.54) is 0 Å². The Kier molecular flexibility index (Phi) is 7.01. The number of carbonyl (C=O) groups excluding carboxylic acids is 1. The van der Waals surface area contributed by atoms with E-state index in [0.717, 1.165) is 0 Å². The molecule has 0 bridgehead atoms. The zero-order valence-electron chi connectivity index (χ0n) is 12.4. The monoisotopic (exact) mass is 366 g/mol. The second-order valence-corrected chi connectivity index (χ2v) is 5.00. The summed E-state index contributed by atoms with van der Waals surface area (Å²) in [7, 11) is 0. The Balaban J connectivity index is 5.60. The van der Waals surface area contributed by atoms with Gasteiger partial charge >= 0.3 is 35.8 Å². The summed E-state index contributed by atoms with van der Waals surface area (Å²) < 4.78 is 4.33. The molecule has 0 aliphatic heterocycles. The van der Waals surface area contributed by atoms with Crippen molar-refractivity contribution in [2.75, 3.05) is 0 Å². The summed E-state index contributed by atoms with van der Waals surface area (Å²) in [5, 5.41) is 53.5. The summed E-state index contributed by atoms with van der Waals surface area (Å²) in [5.41, 5.74) is -6.24. The molecule has 0 radical (unpaired) electrons. The van der Waals surface area contributed by atoms with Gasteiger partial charge in [-0.15, -0.1) is 0 Å². The lowest BCUT2D eigenvalue weighted by Crippen LogP contribution is -2.49. The Labute approximate surface area is 138 Å². The van der Waals surface area contributed by atoms with Crippen LogP contribution in [-0.4, -0.2) is 77.7 Å². The van der Waals surface area contributed by atoms with Gasteiger partial charge < -0.3 is 35.4 Å². The number of aliphatic carboxylic acids is 5. The molecule has 6 N–H and O–H groups in total. The molecule has 0 aromatic heterocycles. The van der Waals surface area contributed by atoms with Crippen LogP contribution in [0.4, 0.5) is 0 Å². The highest BCUT2D eigenvalue weighted by atomic mass is 16.6. The van der Waals surface area contributed by atoms with Crippen LogP contribution >= 0.6 is 0 Å². The third kappa shape index (κ3) is 6.42. The molecule has 0 saturated heterocycles. The van der Waals surface area contributed by atoms with Crippen molar-refractivity contribution in [2.45, 2.75) is 36.9 Å². The van der Waals surface area contributed by atoms with E-state index in [1.807, 2.05) is 0 Å². The first-order valence-electron chi connectivity index (χ1n) is 6.30. The van der Waals surface area contributed by atoms with Crippen LogP contribution in [0.3, 0.4) is 0 Å². The van der Waals surface area contributed by atoms with Crippen molar-refractivity contribution in [1.82, 2.24) is 0 Å². The zero-order chi connectivity index (χ0) is 20.0. The van der Waals surface area contributed by atoms with Crippen LogP contribution in [0.25, 0.3) is 0 Å². The highest BCUT2D eigenvalue weighted by Gasteiger charge is 2.49. The Bertz CT molecular complexity index is 590. The van der Waals surface area contributed by atoms with Gasteiger partial charge in [0, 0.05) is 0 Å². The second kappa shape index (κ2) is 8.05. The minimum absolute atomic E-state index is 1.45. The van der Waals surface area contributed by atoms with Crippen LogP contribution in [0.1, 0.15) is 25.7 Å². The Hall–Kier alpha value is -3.22. The minimum Gasteiger partial charge on any atom is -0.481 e. The molecule has 0 fully saturated rings. The number of ether oxygens (including phenoxy) is 1. The molecule has 0 aliphatic rings. The second-order valence-electron chi connectivity index (χ2n) is 5.00. The van der Waals surface area contributed by atoms with E-state index in [9.17, 15) is 33.9 Å². The normalized spacial score (nSPS) is 13.3. The molecule has 0 heterocycles. The molecule has 0 saturated carbocycles. The van der Waals surface area contributed by atoms with Gasteiger partial charge in [-0.05, 0) is 0 Å². The molecule has 0 aromatic carbocycles. The van der Waals surface area contributed by atoms with Gasteiger partial charge in [0.25, 0.3) is 0 Å². The maximum atomic E-state index is 11.7. The number of aliphatic hydroxyl groups is 1. The average Bonchev–Trinajstić information content (AvgIpc) is 2.34. The lowest BCUT2D eigenvalue weighted by Gasteiger charge is -2.28. The first kappa shape index (κ1) is 21.8. The SMILES string of the molecule is O=C(O)CC(O)(CC(=O)OC(CC(=O)O)(CC(=O)O)C(=O)O)C(=O)O. The number of carbonyl (C=O) groups is 6. The van der Waals surface area contributed by atoms with Crippen molar-refractivity contribution in [3.63, 3.8) is 0 Å². The standard InChI is InChI=1S/C12H14O13/c13-5(14)1-11(24,9(20)21)4-8(19)25-12(10(22)23,2-6(15)16)3-7(17)18/h24H,1-4H2,(H,13,14)(H,15,16)(H,17,18)(H,20,21)(H,22,23). The van der Waals surface area contributed by atoms with E-state index in [2.05, 4.69) is 4.74 Å². The number of hydrogen-bond donors (Lipinski definition) is 6. The van der Waals surface area contributed by atoms with Gasteiger partial charge in [0.2, 0.25) is 5.60 Å². The smallest absolute Gasteiger partial charge is 0.349 e.